The molecule has 0 aliphatic carbocycles. The summed E-state index contributed by atoms with van der Waals surface area (Å²) in [6.45, 7) is 7.17. The van der Waals surface area contributed by atoms with Crippen LogP contribution in [-0.4, -0.2) is 12.5 Å². The summed E-state index contributed by atoms with van der Waals surface area (Å²) in [7, 11) is 0. The lowest BCUT2D eigenvalue weighted by atomic mass is 9.86. The average molecular weight is 423 g/mol. The SMILES string of the molecule is Cc1cccc(NC(N)=NCC(C)(C)Cc2ccccc2)c1.I. The van der Waals surface area contributed by atoms with Gasteiger partial charge in [-0.1, -0.05) is 56.3 Å². The third kappa shape index (κ3) is 7.03. The molecule has 2 aromatic carbocycles. The van der Waals surface area contributed by atoms with Gasteiger partial charge < -0.3 is 11.1 Å². The number of nitrogens with zero attached hydrogens (tertiary/aromatic N) is 1. The number of hydrogen-bond donors (Lipinski definition) is 2. The fourth-order valence-electron chi connectivity index (χ4n) is 2.41. The Morgan fingerprint density at radius 3 is 2.43 bits per heavy atom. The second-order valence-electron chi connectivity index (χ2n) is 6.52. The highest BCUT2D eigenvalue weighted by Gasteiger charge is 2.18. The topological polar surface area (TPSA) is 50.4 Å². The highest BCUT2D eigenvalue weighted by molar-refractivity contribution is 14.0. The Bertz CT molecular complexity index is 636. The van der Waals surface area contributed by atoms with Crippen LogP contribution in [0.1, 0.15) is 25.0 Å². The van der Waals surface area contributed by atoms with E-state index in [0.29, 0.717) is 12.5 Å². The fourth-order valence-corrected chi connectivity index (χ4v) is 2.41. The van der Waals surface area contributed by atoms with Gasteiger partial charge in [-0.15, -0.1) is 24.0 Å². The first-order valence-corrected chi connectivity index (χ1v) is 7.62. The van der Waals surface area contributed by atoms with Crippen LogP contribution in [0.2, 0.25) is 0 Å². The number of aryl methyl sites for hydroxylation is 1. The molecule has 2 aromatic rings. The average Bonchev–Trinajstić information content (AvgIpc) is 2.46. The molecule has 0 aromatic heterocycles. The molecule has 0 unspecified atom stereocenters. The Labute approximate surface area is 156 Å². The lowest BCUT2D eigenvalue weighted by Gasteiger charge is -2.22. The minimum Gasteiger partial charge on any atom is -0.370 e. The first-order valence-electron chi connectivity index (χ1n) is 7.62. The Balaban J connectivity index is 0.00000264. The van der Waals surface area contributed by atoms with E-state index >= 15 is 0 Å². The van der Waals surface area contributed by atoms with Gasteiger partial charge in [-0.2, -0.15) is 0 Å². The van der Waals surface area contributed by atoms with Crippen molar-refractivity contribution in [2.75, 3.05) is 11.9 Å². The van der Waals surface area contributed by atoms with E-state index in [1.165, 1.54) is 11.1 Å². The zero-order valence-corrected chi connectivity index (χ0v) is 16.4. The van der Waals surface area contributed by atoms with Gasteiger partial charge in [0.25, 0.3) is 0 Å². The fraction of sp³-hybridized carbons (Fsp3) is 0.316. The van der Waals surface area contributed by atoms with Crippen molar-refractivity contribution >= 4 is 35.6 Å². The van der Waals surface area contributed by atoms with Crippen molar-refractivity contribution in [3.8, 4) is 0 Å². The van der Waals surface area contributed by atoms with Gasteiger partial charge in [-0.3, -0.25) is 4.99 Å². The summed E-state index contributed by atoms with van der Waals surface area (Å²) < 4.78 is 0. The minimum absolute atomic E-state index is 0. The Morgan fingerprint density at radius 1 is 1.09 bits per heavy atom. The molecule has 0 heterocycles. The summed E-state index contributed by atoms with van der Waals surface area (Å²) in [6.07, 6.45) is 0.981. The number of benzene rings is 2. The molecule has 23 heavy (non-hydrogen) atoms. The lowest BCUT2D eigenvalue weighted by molar-refractivity contribution is 0.378. The lowest BCUT2D eigenvalue weighted by Crippen LogP contribution is -2.26. The normalized spacial score (nSPS) is 11.7. The quantitative estimate of drug-likeness (QED) is 0.419. The number of nitrogens with two attached hydrogens (primary N) is 1. The van der Waals surface area contributed by atoms with Gasteiger partial charge in [-0.05, 0) is 42.0 Å². The Hall–Kier alpha value is -1.56. The van der Waals surface area contributed by atoms with Crippen molar-refractivity contribution in [3.63, 3.8) is 0 Å². The number of nitrogens with one attached hydrogen (secondary N) is 1. The number of halogens is 1. The molecular weight excluding hydrogens is 397 g/mol. The van der Waals surface area contributed by atoms with Crippen molar-refractivity contribution in [1.82, 2.24) is 0 Å². The molecule has 0 spiro atoms. The second kappa shape index (κ2) is 8.91. The van der Waals surface area contributed by atoms with Gasteiger partial charge in [0.15, 0.2) is 5.96 Å². The monoisotopic (exact) mass is 423 g/mol. The molecule has 0 aliphatic heterocycles. The first-order chi connectivity index (χ1) is 10.4. The molecule has 0 atom stereocenters. The van der Waals surface area contributed by atoms with E-state index in [1.54, 1.807) is 0 Å². The standard InChI is InChI=1S/C19H25N3.HI/c1-15-8-7-11-17(12-15)22-18(20)21-14-19(2,3)13-16-9-5-4-6-10-16;/h4-12H,13-14H2,1-3H3,(H3,20,21,22);1H. The van der Waals surface area contributed by atoms with E-state index in [4.69, 9.17) is 5.73 Å². The van der Waals surface area contributed by atoms with Crippen molar-refractivity contribution in [3.05, 3.63) is 65.7 Å². The maximum Gasteiger partial charge on any atom is 0.193 e. The molecule has 0 saturated carbocycles. The number of guanidine groups is 1. The number of hydrogen-bond acceptors (Lipinski definition) is 1. The molecule has 124 valence electrons. The van der Waals surface area contributed by atoms with Crippen LogP contribution >= 0.6 is 24.0 Å². The van der Waals surface area contributed by atoms with Crippen LogP contribution in [0, 0.1) is 12.3 Å². The Morgan fingerprint density at radius 2 is 1.78 bits per heavy atom. The summed E-state index contributed by atoms with van der Waals surface area (Å²) in [4.78, 5) is 4.50. The van der Waals surface area contributed by atoms with Crippen LogP contribution in [0.25, 0.3) is 0 Å². The molecule has 0 radical (unpaired) electrons. The maximum atomic E-state index is 6.00. The third-order valence-electron chi connectivity index (χ3n) is 3.49. The summed E-state index contributed by atoms with van der Waals surface area (Å²) in [6, 6.07) is 18.6. The summed E-state index contributed by atoms with van der Waals surface area (Å²) >= 11 is 0. The maximum absolute atomic E-state index is 6.00. The van der Waals surface area contributed by atoms with Gasteiger partial charge >= 0.3 is 0 Å². The van der Waals surface area contributed by atoms with E-state index in [2.05, 4.69) is 67.5 Å². The molecule has 0 bridgehead atoms. The number of aliphatic imine (C=N–C) groups is 1. The van der Waals surface area contributed by atoms with Crippen LogP contribution in [0.3, 0.4) is 0 Å². The summed E-state index contributed by atoms with van der Waals surface area (Å²) in [5.41, 5.74) is 9.56. The van der Waals surface area contributed by atoms with Crippen molar-refractivity contribution in [2.24, 2.45) is 16.1 Å². The third-order valence-corrected chi connectivity index (χ3v) is 3.49. The first kappa shape index (κ1) is 19.5. The zero-order chi connectivity index (χ0) is 16.0. The summed E-state index contributed by atoms with van der Waals surface area (Å²) in [5.74, 6) is 0.465. The predicted octanol–water partition coefficient (Wildman–Crippen LogP) is 4.61. The molecule has 0 saturated heterocycles. The van der Waals surface area contributed by atoms with Gasteiger partial charge in [0.1, 0.15) is 0 Å². The van der Waals surface area contributed by atoms with Crippen LogP contribution in [0.15, 0.2) is 59.6 Å². The van der Waals surface area contributed by atoms with Crippen LogP contribution in [0.5, 0.6) is 0 Å². The van der Waals surface area contributed by atoms with Gasteiger partial charge in [0, 0.05) is 12.2 Å². The highest BCUT2D eigenvalue weighted by Crippen LogP contribution is 2.22. The highest BCUT2D eigenvalue weighted by atomic mass is 127. The Kier molecular flexibility index (Phi) is 7.55. The second-order valence-corrected chi connectivity index (χ2v) is 6.52. The zero-order valence-electron chi connectivity index (χ0n) is 14.0. The molecule has 2 rings (SSSR count). The molecule has 0 fully saturated rings. The van der Waals surface area contributed by atoms with Gasteiger partial charge in [0.2, 0.25) is 0 Å². The van der Waals surface area contributed by atoms with Crippen molar-refractivity contribution in [1.29, 1.82) is 0 Å². The molecule has 3 N–H and O–H groups in total. The largest absolute Gasteiger partial charge is 0.370 e. The molecule has 3 nitrogen and oxygen atoms in total. The van der Waals surface area contributed by atoms with Crippen LogP contribution < -0.4 is 11.1 Å². The van der Waals surface area contributed by atoms with E-state index in [0.717, 1.165) is 12.1 Å². The van der Waals surface area contributed by atoms with Gasteiger partial charge in [-0.25, -0.2) is 0 Å². The van der Waals surface area contributed by atoms with Gasteiger partial charge in [0.05, 0.1) is 0 Å². The molecule has 0 amide bonds. The van der Waals surface area contributed by atoms with Crippen LogP contribution in [0.4, 0.5) is 5.69 Å². The van der Waals surface area contributed by atoms with Crippen molar-refractivity contribution in [2.45, 2.75) is 27.2 Å². The predicted molar refractivity (Wildman–Crippen MR) is 111 cm³/mol. The summed E-state index contributed by atoms with van der Waals surface area (Å²) in [5, 5.41) is 3.15. The number of rotatable bonds is 5. The minimum atomic E-state index is 0. The molecule has 0 aliphatic rings. The van der Waals surface area contributed by atoms with Crippen molar-refractivity contribution < 1.29 is 0 Å². The number of anilines is 1. The van der Waals surface area contributed by atoms with E-state index in [9.17, 15) is 0 Å². The van der Waals surface area contributed by atoms with E-state index < -0.39 is 0 Å². The molecule has 4 heteroatoms. The smallest absolute Gasteiger partial charge is 0.193 e. The van der Waals surface area contributed by atoms with Crippen LogP contribution in [-0.2, 0) is 6.42 Å². The van der Waals surface area contributed by atoms with E-state index in [1.807, 2.05) is 18.2 Å². The molecular formula is C19H26IN3. The van der Waals surface area contributed by atoms with E-state index in [-0.39, 0.29) is 29.4 Å².